The first kappa shape index (κ1) is 14.4. The van der Waals surface area contributed by atoms with E-state index in [-0.39, 0.29) is 5.82 Å². The third-order valence-electron chi connectivity index (χ3n) is 2.82. The Morgan fingerprint density at radius 3 is 2.68 bits per heavy atom. The SMILES string of the molecule is Cc1cccc(CCl)c1OCc1ccc(F)cc1Br. The Labute approximate surface area is 125 Å². The molecule has 100 valence electrons. The van der Waals surface area contributed by atoms with Gasteiger partial charge in [0.15, 0.2) is 0 Å². The molecule has 2 aromatic carbocycles. The van der Waals surface area contributed by atoms with E-state index in [1.807, 2.05) is 25.1 Å². The first-order valence-electron chi connectivity index (χ1n) is 5.83. The largest absolute Gasteiger partial charge is 0.488 e. The van der Waals surface area contributed by atoms with Crippen LogP contribution >= 0.6 is 27.5 Å². The molecule has 0 aromatic heterocycles. The van der Waals surface area contributed by atoms with Gasteiger partial charge in [-0.2, -0.15) is 0 Å². The summed E-state index contributed by atoms with van der Waals surface area (Å²) in [4.78, 5) is 0. The summed E-state index contributed by atoms with van der Waals surface area (Å²) < 4.78 is 19.5. The van der Waals surface area contributed by atoms with Crippen molar-refractivity contribution in [2.75, 3.05) is 0 Å². The van der Waals surface area contributed by atoms with Crippen LogP contribution in [0.25, 0.3) is 0 Å². The molecule has 0 aliphatic rings. The Kier molecular flexibility index (Phi) is 4.83. The first-order valence-corrected chi connectivity index (χ1v) is 7.15. The lowest BCUT2D eigenvalue weighted by molar-refractivity contribution is 0.301. The maximum absolute atomic E-state index is 13.0. The minimum atomic E-state index is -0.270. The third kappa shape index (κ3) is 3.48. The molecule has 0 amide bonds. The van der Waals surface area contributed by atoms with E-state index < -0.39 is 0 Å². The molecule has 0 unspecified atom stereocenters. The Hall–Kier alpha value is -1.06. The molecule has 0 aliphatic carbocycles. The van der Waals surface area contributed by atoms with Crippen LogP contribution in [0.5, 0.6) is 5.75 Å². The fourth-order valence-electron chi connectivity index (χ4n) is 1.81. The highest BCUT2D eigenvalue weighted by Gasteiger charge is 2.08. The Morgan fingerprint density at radius 1 is 1.21 bits per heavy atom. The van der Waals surface area contributed by atoms with E-state index in [1.165, 1.54) is 12.1 Å². The molecule has 0 heterocycles. The summed E-state index contributed by atoms with van der Waals surface area (Å²) in [5.74, 6) is 0.934. The summed E-state index contributed by atoms with van der Waals surface area (Å²) in [6, 6.07) is 10.4. The van der Waals surface area contributed by atoms with Gasteiger partial charge in [-0.25, -0.2) is 4.39 Å². The highest BCUT2D eigenvalue weighted by molar-refractivity contribution is 9.10. The van der Waals surface area contributed by atoms with Crippen LogP contribution in [-0.2, 0) is 12.5 Å². The zero-order valence-electron chi connectivity index (χ0n) is 10.4. The second-order valence-corrected chi connectivity index (χ2v) is 5.34. The summed E-state index contributed by atoms with van der Waals surface area (Å²) >= 11 is 9.23. The van der Waals surface area contributed by atoms with Crippen molar-refractivity contribution in [3.05, 3.63) is 63.4 Å². The van der Waals surface area contributed by atoms with Gasteiger partial charge in [0.25, 0.3) is 0 Å². The molecule has 0 aliphatic heterocycles. The number of hydrogen-bond acceptors (Lipinski definition) is 1. The number of benzene rings is 2. The van der Waals surface area contributed by atoms with Crippen molar-refractivity contribution in [3.63, 3.8) is 0 Å². The van der Waals surface area contributed by atoms with E-state index in [0.29, 0.717) is 17.0 Å². The van der Waals surface area contributed by atoms with Gasteiger partial charge in [0.2, 0.25) is 0 Å². The van der Waals surface area contributed by atoms with E-state index >= 15 is 0 Å². The van der Waals surface area contributed by atoms with Crippen molar-refractivity contribution >= 4 is 27.5 Å². The minimum absolute atomic E-state index is 0.270. The molecular formula is C15H13BrClFO. The van der Waals surface area contributed by atoms with Gasteiger partial charge in [-0.05, 0) is 24.6 Å². The van der Waals surface area contributed by atoms with E-state index in [4.69, 9.17) is 16.3 Å². The number of hydrogen-bond donors (Lipinski definition) is 0. The van der Waals surface area contributed by atoms with Crippen molar-refractivity contribution in [3.8, 4) is 5.75 Å². The molecule has 4 heteroatoms. The zero-order chi connectivity index (χ0) is 13.8. The average molecular weight is 344 g/mol. The number of alkyl halides is 1. The van der Waals surface area contributed by atoms with E-state index in [0.717, 1.165) is 22.4 Å². The van der Waals surface area contributed by atoms with Crippen LogP contribution in [0.3, 0.4) is 0 Å². The molecule has 0 saturated heterocycles. The van der Waals surface area contributed by atoms with Crippen LogP contribution < -0.4 is 4.74 Å². The van der Waals surface area contributed by atoms with Crippen LogP contribution in [0.4, 0.5) is 4.39 Å². The van der Waals surface area contributed by atoms with Crippen molar-refractivity contribution in [2.45, 2.75) is 19.4 Å². The van der Waals surface area contributed by atoms with E-state index in [2.05, 4.69) is 15.9 Å². The smallest absolute Gasteiger partial charge is 0.127 e. The molecular weight excluding hydrogens is 331 g/mol. The van der Waals surface area contributed by atoms with Gasteiger partial charge in [-0.3, -0.25) is 0 Å². The lowest BCUT2D eigenvalue weighted by Gasteiger charge is -2.13. The van der Waals surface area contributed by atoms with Crippen molar-refractivity contribution in [2.24, 2.45) is 0 Å². The van der Waals surface area contributed by atoms with E-state index in [1.54, 1.807) is 6.07 Å². The van der Waals surface area contributed by atoms with Crippen molar-refractivity contribution < 1.29 is 9.13 Å². The van der Waals surface area contributed by atoms with E-state index in [9.17, 15) is 4.39 Å². The van der Waals surface area contributed by atoms with Crippen LogP contribution in [-0.4, -0.2) is 0 Å². The lowest BCUT2D eigenvalue weighted by Crippen LogP contribution is -2.00. The third-order valence-corrected chi connectivity index (χ3v) is 3.85. The summed E-state index contributed by atoms with van der Waals surface area (Å²) in [7, 11) is 0. The Balaban J connectivity index is 2.19. The number of aryl methyl sites for hydroxylation is 1. The molecule has 0 fully saturated rings. The van der Waals surface area contributed by atoms with Crippen LogP contribution in [0, 0.1) is 12.7 Å². The van der Waals surface area contributed by atoms with Gasteiger partial charge in [0.05, 0.1) is 5.88 Å². The predicted molar refractivity (Wildman–Crippen MR) is 79.2 cm³/mol. The zero-order valence-corrected chi connectivity index (χ0v) is 12.8. The topological polar surface area (TPSA) is 9.23 Å². The standard InChI is InChI=1S/C15H13BrClFO/c1-10-3-2-4-11(8-17)15(10)19-9-12-5-6-13(18)7-14(12)16/h2-7H,8-9H2,1H3. The Bertz CT molecular complexity index is 586. The molecule has 0 N–H and O–H groups in total. The molecule has 19 heavy (non-hydrogen) atoms. The molecule has 0 bridgehead atoms. The maximum Gasteiger partial charge on any atom is 0.127 e. The number of rotatable bonds is 4. The fraction of sp³-hybridized carbons (Fsp3) is 0.200. The number of para-hydroxylation sites is 1. The van der Waals surface area contributed by atoms with Crippen molar-refractivity contribution in [1.29, 1.82) is 0 Å². The molecule has 2 aromatic rings. The van der Waals surface area contributed by atoms with Crippen LogP contribution in [0.1, 0.15) is 16.7 Å². The normalized spacial score (nSPS) is 10.5. The summed E-state index contributed by atoms with van der Waals surface area (Å²) in [6.45, 7) is 2.35. The average Bonchev–Trinajstić information content (AvgIpc) is 2.39. The van der Waals surface area contributed by atoms with Gasteiger partial charge in [0, 0.05) is 15.6 Å². The quantitative estimate of drug-likeness (QED) is 0.692. The van der Waals surface area contributed by atoms with Gasteiger partial charge in [0.1, 0.15) is 18.2 Å². The van der Waals surface area contributed by atoms with Gasteiger partial charge < -0.3 is 4.74 Å². The first-order chi connectivity index (χ1) is 9.11. The summed E-state index contributed by atoms with van der Waals surface area (Å²) in [5.41, 5.74) is 2.89. The molecule has 0 spiro atoms. The predicted octanol–water partition coefficient (Wildman–Crippen LogP) is 5.21. The second kappa shape index (κ2) is 6.40. The molecule has 2 rings (SSSR count). The minimum Gasteiger partial charge on any atom is -0.488 e. The summed E-state index contributed by atoms with van der Waals surface area (Å²) in [6.07, 6.45) is 0. The fourth-order valence-corrected chi connectivity index (χ4v) is 2.49. The Morgan fingerprint density at radius 2 is 2.00 bits per heavy atom. The maximum atomic E-state index is 13.0. The van der Waals surface area contributed by atoms with Gasteiger partial charge >= 0.3 is 0 Å². The van der Waals surface area contributed by atoms with Crippen molar-refractivity contribution in [1.82, 2.24) is 0 Å². The molecule has 0 radical (unpaired) electrons. The monoisotopic (exact) mass is 342 g/mol. The number of ether oxygens (including phenoxy) is 1. The second-order valence-electron chi connectivity index (χ2n) is 4.22. The summed E-state index contributed by atoms with van der Waals surface area (Å²) in [5, 5.41) is 0. The molecule has 1 nitrogen and oxygen atoms in total. The highest BCUT2D eigenvalue weighted by Crippen LogP contribution is 2.27. The molecule has 0 saturated carbocycles. The van der Waals surface area contributed by atoms with Crippen LogP contribution in [0.2, 0.25) is 0 Å². The lowest BCUT2D eigenvalue weighted by atomic mass is 10.1. The molecule has 0 atom stereocenters. The van der Waals surface area contributed by atoms with Gasteiger partial charge in [-0.1, -0.05) is 40.2 Å². The van der Waals surface area contributed by atoms with Crippen LogP contribution in [0.15, 0.2) is 40.9 Å². The van der Waals surface area contributed by atoms with Gasteiger partial charge in [-0.15, -0.1) is 11.6 Å². The number of halogens is 3. The highest BCUT2D eigenvalue weighted by atomic mass is 79.9.